The lowest BCUT2D eigenvalue weighted by Crippen LogP contribution is -2.18. The monoisotopic (exact) mass is 381 g/mol. The summed E-state index contributed by atoms with van der Waals surface area (Å²) in [6.45, 7) is 4.02. The lowest BCUT2D eigenvalue weighted by molar-refractivity contribution is -0.138. The topological polar surface area (TPSA) is 92.7 Å². The molecule has 1 heterocycles. The molecule has 0 aliphatic heterocycles. The summed E-state index contributed by atoms with van der Waals surface area (Å²) < 4.78 is 5.34. The Bertz CT molecular complexity index is 667. The van der Waals surface area contributed by atoms with E-state index in [2.05, 4.69) is 5.32 Å². The zero-order valence-electron chi connectivity index (χ0n) is 15.4. The third-order valence-electron chi connectivity index (χ3n) is 4.37. The minimum atomic E-state index is -0.919. The van der Waals surface area contributed by atoms with Gasteiger partial charge in [0.05, 0.1) is 12.2 Å². The molecule has 1 aliphatic rings. The van der Waals surface area contributed by atoms with E-state index in [9.17, 15) is 14.4 Å². The summed E-state index contributed by atoms with van der Waals surface area (Å²) in [7, 11) is 0. The predicted molar refractivity (Wildman–Crippen MR) is 101 cm³/mol. The molecule has 0 spiro atoms. The van der Waals surface area contributed by atoms with Crippen molar-refractivity contribution in [3.05, 3.63) is 16.0 Å². The number of hydrogen-bond acceptors (Lipinski definition) is 5. The third-order valence-corrected chi connectivity index (χ3v) is 5.58. The quantitative estimate of drug-likeness (QED) is 0.524. The van der Waals surface area contributed by atoms with Crippen molar-refractivity contribution in [3.63, 3.8) is 0 Å². The van der Waals surface area contributed by atoms with Crippen LogP contribution in [-0.2, 0) is 27.2 Å². The molecular weight excluding hydrogens is 354 g/mol. The smallest absolute Gasteiger partial charge is 0.341 e. The number of carbonyl (C=O) groups is 3. The molecule has 0 aromatic carbocycles. The van der Waals surface area contributed by atoms with Gasteiger partial charge in [-0.25, -0.2) is 4.79 Å². The van der Waals surface area contributed by atoms with Crippen molar-refractivity contribution in [2.75, 3.05) is 11.9 Å². The zero-order valence-corrected chi connectivity index (χ0v) is 16.2. The lowest BCUT2D eigenvalue weighted by atomic mass is 10.0. The number of carboxylic acids is 1. The van der Waals surface area contributed by atoms with Gasteiger partial charge in [-0.1, -0.05) is 20.3 Å². The largest absolute Gasteiger partial charge is 0.481 e. The van der Waals surface area contributed by atoms with Crippen LogP contribution in [0.3, 0.4) is 0 Å². The number of aryl methyl sites for hydroxylation is 1. The van der Waals surface area contributed by atoms with Crippen molar-refractivity contribution in [1.82, 2.24) is 0 Å². The minimum Gasteiger partial charge on any atom is -0.481 e. The summed E-state index contributed by atoms with van der Waals surface area (Å²) in [6, 6.07) is 0. The third kappa shape index (κ3) is 5.56. The van der Waals surface area contributed by atoms with E-state index in [4.69, 9.17) is 9.84 Å². The maximum absolute atomic E-state index is 12.6. The first-order valence-electron chi connectivity index (χ1n) is 9.25. The summed E-state index contributed by atoms with van der Waals surface area (Å²) in [5.74, 6) is -1.82. The Kier molecular flexibility index (Phi) is 7.63. The molecule has 0 saturated carbocycles. The molecular formula is C19H27NO5S. The fraction of sp³-hybridized carbons (Fsp3) is 0.632. The number of nitrogens with one attached hydrogen (secondary N) is 1. The maximum Gasteiger partial charge on any atom is 0.341 e. The number of fused-ring (bicyclic) bond motifs is 1. The zero-order chi connectivity index (χ0) is 19.1. The molecule has 0 radical (unpaired) electrons. The molecule has 6 nitrogen and oxygen atoms in total. The second-order valence-corrected chi connectivity index (χ2v) is 7.97. The summed E-state index contributed by atoms with van der Waals surface area (Å²) in [6.07, 6.45) is 5.79. The van der Waals surface area contributed by atoms with Crippen molar-refractivity contribution in [2.45, 2.75) is 65.2 Å². The molecule has 7 heteroatoms. The van der Waals surface area contributed by atoms with E-state index >= 15 is 0 Å². The highest BCUT2D eigenvalue weighted by atomic mass is 32.1. The number of aliphatic carboxylic acids is 1. The Balaban J connectivity index is 2.19. The van der Waals surface area contributed by atoms with Crippen LogP contribution in [0.15, 0.2) is 0 Å². The van der Waals surface area contributed by atoms with Gasteiger partial charge in [0.25, 0.3) is 0 Å². The molecule has 1 unspecified atom stereocenters. The molecule has 0 fully saturated rings. The van der Waals surface area contributed by atoms with Crippen LogP contribution < -0.4 is 5.32 Å². The number of rotatable bonds is 8. The van der Waals surface area contributed by atoms with Crippen LogP contribution >= 0.6 is 11.3 Å². The fourth-order valence-corrected chi connectivity index (χ4v) is 4.47. The molecule has 2 rings (SSSR count). The number of carboxylic acid groups (broad SMARTS) is 1. The number of hydrogen-bond donors (Lipinski definition) is 2. The van der Waals surface area contributed by atoms with Gasteiger partial charge in [-0.2, -0.15) is 0 Å². The van der Waals surface area contributed by atoms with Gasteiger partial charge in [0.2, 0.25) is 5.91 Å². The molecule has 0 bridgehead atoms. The summed E-state index contributed by atoms with van der Waals surface area (Å²) >= 11 is 1.46. The van der Waals surface area contributed by atoms with E-state index in [1.165, 1.54) is 11.3 Å². The Morgan fingerprint density at radius 1 is 1.19 bits per heavy atom. The van der Waals surface area contributed by atoms with Gasteiger partial charge in [0.15, 0.2) is 0 Å². The van der Waals surface area contributed by atoms with Crippen molar-refractivity contribution >= 4 is 34.2 Å². The van der Waals surface area contributed by atoms with Crippen LogP contribution in [0.4, 0.5) is 5.00 Å². The van der Waals surface area contributed by atoms with Gasteiger partial charge >= 0.3 is 11.9 Å². The van der Waals surface area contributed by atoms with E-state index in [1.807, 2.05) is 6.92 Å². The van der Waals surface area contributed by atoms with Gasteiger partial charge < -0.3 is 15.2 Å². The van der Waals surface area contributed by atoms with Gasteiger partial charge in [-0.15, -0.1) is 11.3 Å². The first-order chi connectivity index (χ1) is 12.4. The molecule has 2 N–H and O–H groups in total. The van der Waals surface area contributed by atoms with Crippen LogP contribution in [0.1, 0.15) is 73.2 Å². The first-order valence-corrected chi connectivity index (χ1v) is 10.1. The van der Waals surface area contributed by atoms with E-state index in [0.717, 1.165) is 49.0 Å². The lowest BCUT2D eigenvalue weighted by Gasteiger charge is -2.11. The van der Waals surface area contributed by atoms with E-state index in [0.29, 0.717) is 17.2 Å². The highest BCUT2D eigenvalue weighted by molar-refractivity contribution is 7.17. The van der Waals surface area contributed by atoms with Gasteiger partial charge in [-0.05, 0) is 43.6 Å². The van der Waals surface area contributed by atoms with Crippen molar-refractivity contribution in [3.8, 4) is 0 Å². The number of ether oxygens (including phenoxy) is 1. The average molecular weight is 381 g/mol. The molecule has 26 heavy (non-hydrogen) atoms. The molecule has 1 atom stereocenters. The van der Waals surface area contributed by atoms with Crippen LogP contribution in [0.5, 0.6) is 0 Å². The van der Waals surface area contributed by atoms with Gasteiger partial charge in [0.1, 0.15) is 5.00 Å². The Hall–Kier alpha value is -1.89. The Morgan fingerprint density at radius 3 is 2.62 bits per heavy atom. The standard InChI is InChI=1S/C19H27NO5S/c1-3-9-25-19(24)17-13-7-5-4-6-8-14(13)26-18(17)20-15(21)10-12(2)11-16(22)23/h12H,3-11H2,1-2H3,(H,20,21)(H,22,23). The summed E-state index contributed by atoms with van der Waals surface area (Å²) in [5.41, 5.74) is 1.52. The van der Waals surface area contributed by atoms with Crippen LogP contribution in [0, 0.1) is 5.92 Å². The molecule has 144 valence electrons. The Labute approximate surface area is 157 Å². The van der Waals surface area contributed by atoms with Crippen LogP contribution in [0.25, 0.3) is 0 Å². The maximum atomic E-state index is 12.6. The average Bonchev–Trinajstić information content (AvgIpc) is 2.73. The molecule has 1 amide bonds. The van der Waals surface area contributed by atoms with Crippen LogP contribution in [0.2, 0.25) is 0 Å². The summed E-state index contributed by atoms with van der Waals surface area (Å²) in [4.78, 5) is 36.8. The van der Waals surface area contributed by atoms with Gasteiger partial charge in [0, 0.05) is 17.7 Å². The van der Waals surface area contributed by atoms with E-state index in [1.54, 1.807) is 6.92 Å². The highest BCUT2D eigenvalue weighted by Crippen LogP contribution is 2.38. The van der Waals surface area contributed by atoms with Crippen molar-refractivity contribution in [2.24, 2.45) is 5.92 Å². The molecule has 1 aromatic heterocycles. The number of anilines is 1. The second kappa shape index (κ2) is 9.71. The Morgan fingerprint density at radius 2 is 1.92 bits per heavy atom. The number of esters is 1. The van der Waals surface area contributed by atoms with Gasteiger partial charge in [-0.3, -0.25) is 9.59 Å². The molecule has 1 aliphatic carbocycles. The number of thiophene rings is 1. The normalized spacial score (nSPS) is 14.8. The van der Waals surface area contributed by atoms with Crippen molar-refractivity contribution in [1.29, 1.82) is 0 Å². The van der Waals surface area contributed by atoms with E-state index in [-0.39, 0.29) is 30.6 Å². The highest BCUT2D eigenvalue weighted by Gasteiger charge is 2.27. The summed E-state index contributed by atoms with van der Waals surface area (Å²) in [5, 5.41) is 12.2. The minimum absolute atomic E-state index is 0.0558. The number of amides is 1. The molecule has 1 aromatic rings. The first kappa shape index (κ1) is 20.4. The molecule has 0 saturated heterocycles. The van der Waals surface area contributed by atoms with E-state index < -0.39 is 5.97 Å². The number of carbonyl (C=O) groups excluding carboxylic acids is 2. The SMILES string of the molecule is CCCOC(=O)c1c(NC(=O)CC(C)CC(=O)O)sc2c1CCCCC2. The second-order valence-electron chi connectivity index (χ2n) is 6.86. The fourth-order valence-electron chi connectivity index (χ4n) is 3.18. The van der Waals surface area contributed by atoms with Crippen LogP contribution in [-0.4, -0.2) is 29.6 Å². The predicted octanol–water partition coefficient (Wildman–Crippen LogP) is 4.02. The van der Waals surface area contributed by atoms with Crippen molar-refractivity contribution < 1.29 is 24.2 Å².